The van der Waals surface area contributed by atoms with Crippen molar-refractivity contribution in [3.05, 3.63) is 30.1 Å². The number of benzene rings is 1. The summed E-state index contributed by atoms with van der Waals surface area (Å²) < 4.78 is 6.24. The van der Waals surface area contributed by atoms with E-state index >= 15 is 0 Å². The Morgan fingerprint density at radius 3 is 2.68 bits per heavy atom. The van der Waals surface area contributed by atoms with Gasteiger partial charge in [-0.3, -0.25) is 14.9 Å². The van der Waals surface area contributed by atoms with E-state index in [2.05, 4.69) is 51.1 Å². The van der Waals surface area contributed by atoms with Crippen LogP contribution in [0, 0.1) is 6.92 Å². The molecule has 2 aromatic rings. The molecule has 2 aliphatic rings. The number of rotatable bonds is 3. The fraction of sp³-hybridized carbons (Fsp3) is 0.579. The molecule has 25 heavy (non-hydrogen) atoms. The van der Waals surface area contributed by atoms with Crippen molar-refractivity contribution in [3.8, 4) is 0 Å². The topological polar surface area (TPSA) is 53.5 Å². The molecule has 6 heteroatoms. The van der Waals surface area contributed by atoms with Crippen molar-refractivity contribution in [2.24, 2.45) is 0 Å². The minimum atomic E-state index is 0.217. The first-order valence-electron chi connectivity index (χ1n) is 9.24. The van der Waals surface area contributed by atoms with Gasteiger partial charge in [-0.25, -0.2) is 0 Å². The summed E-state index contributed by atoms with van der Waals surface area (Å²) in [5.74, 6) is 0. The lowest BCUT2D eigenvalue weighted by Gasteiger charge is -2.41. The highest BCUT2D eigenvalue weighted by molar-refractivity contribution is 5.90. The molecule has 0 saturated carbocycles. The quantitative estimate of drug-likeness (QED) is 0.912. The fourth-order valence-corrected chi connectivity index (χ4v) is 3.96. The number of hydrogen-bond donors (Lipinski definition) is 1. The Kier molecular flexibility index (Phi) is 4.83. The van der Waals surface area contributed by atoms with E-state index in [1.807, 2.05) is 0 Å². The highest BCUT2D eigenvalue weighted by Gasteiger charge is 2.28. The maximum absolute atomic E-state index is 6.24. The Hall–Kier alpha value is -1.76. The predicted molar refractivity (Wildman–Crippen MR) is 100 cm³/mol. The van der Waals surface area contributed by atoms with E-state index in [0.29, 0.717) is 0 Å². The van der Waals surface area contributed by atoms with Gasteiger partial charge in [0.05, 0.1) is 23.4 Å². The summed E-state index contributed by atoms with van der Waals surface area (Å²) >= 11 is 0. The molecule has 0 aliphatic carbocycles. The number of fused-ring (bicyclic) bond motifs is 1. The number of ether oxygens (including phenoxy) is 1. The van der Waals surface area contributed by atoms with Crippen LogP contribution in [-0.2, 0) is 4.74 Å². The summed E-state index contributed by atoms with van der Waals surface area (Å²) in [7, 11) is 0. The molecule has 6 nitrogen and oxygen atoms in total. The van der Waals surface area contributed by atoms with Crippen molar-refractivity contribution < 1.29 is 4.74 Å². The van der Waals surface area contributed by atoms with Crippen LogP contribution >= 0.6 is 0 Å². The smallest absolute Gasteiger partial charge is 0.112 e. The Morgan fingerprint density at radius 2 is 1.88 bits per heavy atom. The molecule has 1 aromatic heterocycles. The zero-order chi connectivity index (χ0) is 17.2. The zero-order valence-electron chi connectivity index (χ0n) is 15.1. The number of hydrogen-bond acceptors (Lipinski definition) is 6. The normalized spacial score (nSPS) is 25.4. The van der Waals surface area contributed by atoms with Gasteiger partial charge in [0.15, 0.2) is 0 Å². The molecule has 2 unspecified atom stereocenters. The van der Waals surface area contributed by atoms with Gasteiger partial charge < -0.3 is 15.0 Å². The highest BCUT2D eigenvalue weighted by atomic mass is 16.5. The third-order valence-electron chi connectivity index (χ3n) is 5.14. The van der Waals surface area contributed by atoms with Crippen molar-refractivity contribution in [2.45, 2.75) is 26.1 Å². The van der Waals surface area contributed by atoms with Crippen molar-refractivity contribution >= 4 is 16.7 Å². The average Bonchev–Trinajstić information content (AvgIpc) is 2.63. The van der Waals surface area contributed by atoms with Crippen molar-refractivity contribution in [2.75, 3.05) is 50.7 Å². The lowest BCUT2D eigenvalue weighted by molar-refractivity contribution is -0.0334. The van der Waals surface area contributed by atoms with E-state index in [0.717, 1.165) is 56.8 Å². The first-order chi connectivity index (χ1) is 12.2. The molecule has 0 radical (unpaired) electrons. The van der Waals surface area contributed by atoms with Crippen LogP contribution in [0.3, 0.4) is 0 Å². The first-order valence-corrected chi connectivity index (χ1v) is 9.24. The molecule has 4 rings (SSSR count). The standard InChI is InChI=1S/C19H27N5O/c1-14-3-4-17(19-18(14)21-5-6-22-19)24-11-15(2)25-16(13-24)12-23-9-7-20-8-10-23/h3-6,15-16,20H,7-13H2,1-2H3. The van der Waals surface area contributed by atoms with Crippen molar-refractivity contribution in [3.63, 3.8) is 0 Å². The molecular weight excluding hydrogens is 314 g/mol. The number of morpholine rings is 1. The van der Waals surface area contributed by atoms with E-state index in [1.54, 1.807) is 12.4 Å². The molecule has 134 valence electrons. The monoisotopic (exact) mass is 341 g/mol. The van der Waals surface area contributed by atoms with E-state index < -0.39 is 0 Å². The number of aryl methyl sites for hydroxylation is 1. The van der Waals surface area contributed by atoms with Gasteiger partial charge in [0.2, 0.25) is 0 Å². The van der Waals surface area contributed by atoms with Crippen molar-refractivity contribution in [1.29, 1.82) is 0 Å². The summed E-state index contributed by atoms with van der Waals surface area (Å²) in [6.07, 6.45) is 4.01. The number of piperazine rings is 1. The van der Waals surface area contributed by atoms with E-state index in [-0.39, 0.29) is 12.2 Å². The van der Waals surface area contributed by atoms with E-state index in [1.165, 1.54) is 11.3 Å². The summed E-state index contributed by atoms with van der Waals surface area (Å²) in [5, 5.41) is 3.41. The van der Waals surface area contributed by atoms with Gasteiger partial charge in [-0.1, -0.05) is 6.07 Å². The van der Waals surface area contributed by atoms with Crippen LogP contribution in [0.5, 0.6) is 0 Å². The van der Waals surface area contributed by atoms with Crippen LogP contribution in [0.1, 0.15) is 12.5 Å². The Balaban J connectivity index is 1.56. The van der Waals surface area contributed by atoms with Gasteiger partial charge in [-0.15, -0.1) is 0 Å². The molecule has 2 atom stereocenters. The van der Waals surface area contributed by atoms with Gasteiger partial charge in [-0.2, -0.15) is 0 Å². The first kappa shape index (κ1) is 16.7. The molecule has 2 aliphatic heterocycles. The number of nitrogens with one attached hydrogen (secondary N) is 1. The van der Waals surface area contributed by atoms with Crippen LogP contribution in [0.25, 0.3) is 11.0 Å². The van der Waals surface area contributed by atoms with Crippen molar-refractivity contribution in [1.82, 2.24) is 20.2 Å². The molecule has 0 amide bonds. The SMILES string of the molecule is Cc1ccc(N2CC(C)OC(CN3CCNCC3)C2)c2nccnc12. The molecule has 1 N–H and O–H groups in total. The van der Waals surface area contributed by atoms with Gasteiger partial charge in [0, 0.05) is 58.2 Å². The molecule has 0 spiro atoms. The van der Waals surface area contributed by atoms with Gasteiger partial charge in [0.25, 0.3) is 0 Å². The molecule has 1 aromatic carbocycles. The highest BCUT2D eigenvalue weighted by Crippen LogP contribution is 2.28. The average molecular weight is 341 g/mol. The second kappa shape index (κ2) is 7.23. The summed E-state index contributed by atoms with van der Waals surface area (Å²) in [6, 6.07) is 4.34. The minimum Gasteiger partial charge on any atom is -0.370 e. The molecule has 2 fully saturated rings. The second-order valence-corrected chi connectivity index (χ2v) is 7.18. The van der Waals surface area contributed by atoms with Crippen LogP contribution in [0.2, 0.25) is 0 Å². The van der Waals surface area contributed by atoms with Crippen LogP contribution in [0.15, 0.2) is 24.5 Å². The maximum Gasteiger partial charge on any atom is 0.112 e. The summed E-state index contributed by atoms with van der Waals surface area (Å²) in [4.78, 5) is 14.1. The maximum atomic E-state index is 6.24. The molecule has 3 heterocycles. The largest absolute Gasteiger partial charge is 0.370 e. The number of anilines is 1. The van der Waals surface area contributed by atoms with Crippen LogP contribution < -0.4 is 10.2 Å². The third kappa shape index (κ3) is 3.61. The lowest BCUT2D eigenvalue weighted by atomic mass is 10.1. The molecular formula is C19H27N5O. The number of nitrogens with zero attached hydrogens (tertiary/aromatic N) is 4. The van der Waals surface area contributed by atoms with Gasteiger partial charge in [0.1, 0.15) is 5.52 Å². The predicted octanol–water partition coefficient (Wildman–Crippen LogP) is 1.44. The van der Waals surface area contributed by atoms with E-state index in [9.17, 15) is 0 Å². The zero-order valence-corrected chi connectivity index (χ0v) is 15.1. The summed E-state index contributed by atoms with van der Waals surface area (Å²) in [5.41, 5.74) is 4.34. The molecule has 2 saturated heterocycles. The lowest BCUT2D eigenvalue weighted by Crippen LogP contribution is -2.53. The molecule has 0 bridgehead atoms. The Bertz CT molecular complexity index is 731. The Labute approximate surface area is 149 Å². The van der Waals surface area contributed by atoms with Gasteiger partial charge >= 0.3 is 0 Å². The minimum absolute atomic E-state index is 0.217. The van der Waals surface area contributed by atoms with Gasteiger partial charge in [-0.05, 0) is 25.5 Å². The number of aromatic nitrogens is 2. The Morgan fingerprint density at radius 1 is 1.12 bits per heavy atom. The third-order valence-corrected chi connectivity index (χ3v) is 5.14. The van der Waals surface area contributed by atoms with Crippen LogP contribution in [0.4, 0.5) is 5.69 Å². The second-order valence-electron chi connectivity index (χ2n) is 7.18. The van der Waals surface area contributed by atoms with Crippen LogP contribution in [-0.4, -0.2) is 72.9 Å². The van der Waals surface area contributed by atoms with E-state index in [4.69, 9.17) is 4.74 Å². The fourth-order valence-electron chi connectivity index (χ4n) is 3.96. The summed E-state index contributed by atoms with van der Waals surface area (Å²) in [6.45, 7) is 11.4.